The van der Waals surface area contributed by atoms with Crippen molar-refractivity contribution in [2.75, 3.05) is 46.5 Å². The van der Waals surface area contributed by atoms with Gasteiger partial charge in [-0.2, -0.15) is 0 Å². The molecular weight excluding hydrogens is 530 g/mol. The minimum atomic E-state index is -0.353. The van der Waals surface area contributed by atoms with Crippen LogP contribution in [0.3, 0.4) is 0 Å². The topological polar surface area (TPSA) is 82.0 Å². The van der Waals surface area contributed by atoms with Crippen LogP contribution in [0.4, 0.5) is 4.79 Å². The van der Waals surface area contributed by atoms with Gasteiger partial charge in [0.25, 0.3) is 0 Å². The molecule has 2 fully saturated rings. The molecular formula is C30H34ClN5O4. The van der Waals surface area contributed by atoms with Crippen molar-refractivity contribution in [1.29, 1.82) is 0 Å². The summed E-state index contributed by atoms with van der Waals surface area (Å²) < 4.78 is 19.3. The number of hydrogen-bond acceptors (Lipinski definition) is 7. The highest BCUT2D eigenvalue weighted by Gasteiger charge is 2.36. The number of pyridine rings is 1. The lowest BCUT2D eigenvalue weighted by atomic mass is 9.91. The third-order valence-electron chi connectivity index (χ3n) is 8.08. The standard InChI is InChI=1S/C30H34ClN5O4/c1-34-19-32-18-26(34)29(38-2)25-16-20-4-3-9-33-27(20)28(23-6-5-21(31)17-24(23)25)35-10-12-36(13-11-35)30(37)40-22-7-14-39-15-8-22/h3-6,9,16-19,22,28-29H,7-8,10-15H2,1-2H3/t28-,29+/m0/s1. The molecule has 0 bridgehead atoms. The van der Waals surface area contributed by atoms with Crippen molar-refractivity contribution in [3.05, 3.63) is 82.2 Å². The molecule has 0 unspecified atom stereocenters. The van der Waals surface area contributed by atoms with Gasteiger partial charge in [-0.1, -0.05) is 23.7 Å². The number of halogens is 1. The summed E-state index contributed by atoms with van der Waals surface area (Å²) in [6, 6.07) is 10.00. The Morgan fingerprint density at radius 3 is 2.67 bits per heavy atom. The Kier molecular flexibility index (Phi) is 7.89. The highest BCUT2D eigenvalue weighted by Crippen LogP contribution is 2.45. The van der Waals surface area contributed by atoms with Gasteiger partial charge in [0.2, 0.25) is 0 Å². The number of carbonyl (C=O) groups excluding carboxylic acids is 1. The van der Waals surface area contributed by atoms with Crippen molar-refractivity contribution < 1.29 is 19.0 Å². The number of fused-ring (bicyclic) bond motifs is 2. The van der Waals surface area contributed by atoms with Crippen molar-refractivity contribution >= 4 is 29.3 Å². The van der Waals surface area contributed by atoms with Gasteiger partial charge in [0, 0.05) is 64.4 Å². The molecule has 0 N–H and O–H groups in total. The quantitative estimate of drug-likeness (QED) is 0.444. The summed E-state index contributed by atoms with van der Waals surface area (Å²) in [6.45, 7) is 3.83. The van der Waals surface area contributed by atoms with Gasteiger partial charge in [0.05, 0.1) is 43.2 Å². The van der Waals surface area contributed by atoms with Crippen molar-refractivity contribution in [1.82, 2.24) is 24.3 Å². The zero-order valence-electron chi connectivity index (χ0n) is 22.8. The summed E-state index contributed by atoms with van der Waals surface area (Å²) in [4.78, 5) is 26.4. The Morgan fingerprint density at radius 2 is 1.95 bits per heavy atom. The second kappa shape index (κ2) is 11.7. The number of benzene rings is 1. The summed E-state index contributed by atoms with van der Waals surface area (Å²) in [5.41, 5.74) is 6.07. The SMILES string of the molecule is CO[C@H](C1=Cc2cccnc2[C@@H](N2CCN(C(=O)OC3CCOCC3)CC2)c2ccc(Cl)cc21)c1cncn1C. The van der Waals surface area contributed by atoms with Gasteiger partial charge in [-0.05, 0) is 46.5 Å². The molecule has 4 heterocycles. The van der Waals surface area contributed by atoms with E-state index in [-0.39, 0.29) is 24.3 Å². The lowest BCUT2D eigenvalue weighted by molar-refractivity contribution is -0.0155. The minimum Gasteiger partial charge on any atom is -0.446 e. The van der Waals surface area contributed by atoms with Gasteiger partial charge >= 0.3 is 6.09 Å². The van der Waals surface area contributed by atoms with Gasteiger partial charge in [-0.25, -0.2) is 9.78 Å². The summed E-state index contributed by atoms with van der Waals surface area (Å²) >= 11 is 6.60. The van der Waals surface area contributed by atoms with Gasteiger partial charge in [-0.3, -0.25) is 9.88 Å². The number of amides is 1. The van der Waals surface area contributed by atoms with E-state index < -0.39 is 0 Å². The summed E-state index contributed by atoms with van der Waals surface area (Å²) in [5, 5.41) is 0.655. The molecule has 0 saturated carbocycles. The fourth-order valence-corrected chi connectivity index (χ4v) is 6.15. The number of aromatic nitrogens is 3. The molecule has 9 nitrogen and oxygen atoms in total. The largest absolute Gasteiger partial charge is 0.446 e. The van der Waals surface area contributed by atoms with Crippen LogP contribution >= 0.6 is 11.6 Å². The molecule has 0 spiro atoms. The Morgan fingerprint density at radius 1 is 1.15 bits per heavy atom. The van der Waals surface area contributed by atoms with E-state index in [0.29, 0.717) is 44.4 Å². The maximum Gasteiger partial charge on any atom is 0.410 e. The first-order valence-electron chi connectivity index (χ1n) is 13.8. The van der Waals surface area contributed by atoms with Gasteiger partial charge in [0.1, 0.15) is 12.2 Å². The normalized spacial score (nSPS) is 20.7. The number of methoxy groups -OCH3 is 1. The average Bonchev–Trinajstić information content (AvgIpc) is 3.34. The van der Waals surface area contributed by atoms with E-state index >= 15 is 0 Å². The number of ether oxygens (including phenoxy) is 3. The molecule has 1 aliphatic carbocycles. The van der Waals surface area contributed by atoms with Crippen LogP contribution in [0, 0.1) is 0 Å². The summed E-state index contributed by atoms with van der Waals surface area (Å²) in [6.07, 6.45) is 8.49. The van der Waals surface area contributed by atoms with E-state index in [1.54, 1.807) is 13.4 Å². The summed E-state index contributed by atoms with van der Waals surface area (Å²) in [5.74, 6) is 0. The molecule has 10 heteroatoms. The third kappa shape index (κ3) is 5.26. The molecule has 0 radical (unpaired) electrons. The summed E-state index contributed by atoms with van der Waals surface area (Å²) in [7, 11) is 3.68. The number of imidazole rings is 1. The lowest BCUT2D eigenvalue weighted by Crippen LogP contribution is -2.50. The van der Waals surface area contributed by atoms with E-state index in [1.165, 1.54) is 0 Å². The Hall–Kier alpha value is -3.24. The van der Waals surface area contributed by atoms with Crippen LogP contribution in [0.5, 0.6) is 0 Å². The van der Waals surface area contributed by atoms with Crippen LogP contribution in [0.15, 0.2) is 49.1 Å². The zero-order valence-corrected chi connectivity index (χ0v) is 23.6. The van der Waals surface area contributed by atoms with Crippen molar-refractivity contribution in [2.24, 2.45) is 7.05 Å². The van der Waals surface area contributed by atoms with Crippen LogP contribution in [-0.2, 0) is 21.3 Å². The number of aryl methyl sites for hydroxylation is 1. The number of carbonyl (C=O) groups is 1. The highest BCUT2D eigenvalue weighted by molar-refractivity contribution is 6.30. The van der Waals surface area contributed by atoms with Crippen LogP contribution in [-0.4, -0.2) is 83.0 Å². The predicted molar refractivity (Wildman–Crippen MR) is 152 cm³/mol. The molecule has 40 heavy (non-hydrogen) atoms. The van der Waals surface area contributed by atoms with Crippen LogP contribution < -0.4 is 0 Å². The molecule has 210 valence electrons. The first kappa shape index (κ1) is 27.0. The Labute approximate surface area is 239 Å². The Bertz CT molecular complexity index is 1390. The predicted octanol–water partition coefficient (Wildman–Crippen LogP) is 4.73. The molecule has 1 aromatic carbocycles. The first-order valence-corrected chi connectivity index (χ1v) is 14.1. The first-order chi connectivity index (χ1) is 19.5. The molecule has 2 aliphatic heterocycles. The Balaban J connectivity index is 1.32. The van der Waals surface area contributed by atoms with Crippen molar-refractivity contribution in [3.63, 3.8) is 0 Å². The van der Waals surface area contributed by atoms with E-state index in [1.807, 2.05) is 47.1 Å². The van der Waals surface area contributed by atoms with Gasteiger partial charge < -0.3 is 23.7 Å². The van der Waals surface area contributed by atoms with E-state index in [4.69, 9.17) is 30.8 Å². The molecule has 6 rings (SSSR count). The molecule has 2 saturated heterocycles. The second-order valence-electron chi connectivity index (χ2n) is 10.5. The van der Waals surface area contributed by atoms with E-state index in [0.717, 1.165) is 46.5 Å². The maximum absolute atomic E-state index is 12.9. The van der Waals surface area contributed by atoms with Crippen molar-refractivity contribution in [3.8, 4) is 0 Å². The number of rotatable bonds is 5. The molecule has 3 aromatic rings. The second-order valence-corrected chi connectivity index (χ2v) is 10.9. The highest BCUT2D eigenvalue weighted by atomic mass is 35.5. The fraction of sp³-hybridized carbons (Fsp3) is 0.433. The van der Waals surface area contributed by atoms with E-state index in [2.05, 4.69) is 28.1 Å². The average molecular weight is 564 g/mol. The third-order valence-corrected chi connectivity index (χ3v) is 8.31. The number of piperazine rings is 1. The molecule has 2 atom stereocenters. The van der Waals surface area contributed by atoms with Gasteiger partial charge in [-0.15, -0.1) is 0 Å². The monoisotopic (exact) mass is 563 g/mol. The molecule has 3 aliphatic rings. The smallest absolute Gasteiger partial charge is 0.410 e. The van der Waals surface area contributed by atoms with Crippen LogP contribution in [0.25, 0.3) is 11.6 Å². The molecule has 1 amide bonds. The maximum atomic E-state index is 12.9. The minimum absolute atomic E-state index is 0.0634. The van der Waals surface area contributed by atoms with Crippen molar-refractivity contribution in [2.45, 2.75) is 31.1 Å². The zero-order chi connectivity index (χ0) is 27.6. The van der Waals surface area contributed by atoms with Crippen LogP contribution in [0.2, 0.25) is 5.02 Å². The number of hydrogen-bond donors (Lipinski definition) is 0. The van der Waals surface area contributed by atoms with E-state index in [9.17, 15) is 4.79 Å². The van der Waals surface area contributed by atoms with Crippen LogP contribution in [0.1, 0.15) is 53.1 Å². The lowest BCUT2D eigenvalue weighted by Gasteiger charge is -2.40. The van der Waals surface area contributed by atoms with Gasteiger partial charge in [0.15, 0.2) is 0 Å². The fourth-order valence-electron chi connectivity index (χ4n) is 5.98. The molecule has 2 aromatic heterocycles. The number of nitrogens with zero attached hydrogens (tertiary/aromatic N) is 5.